The minimum Gasteiger partial charge on any atom is -0.508 e. The minimum absolute atomic E-state index is 0.0567. The average Bonchev–Trinajstić information content (AvgIpc) is 0.708. The molecule has 2 heterocycles. The van der Waals surface area contributed by atoms with Crippen LogP contribution in [0.2, 0.25) is 0 Å². The second kappa shape index (κ2) is 23.6. The Labute approximate surface area is 577 Å². The summed E-state index contributed by atoms with van der Waals surface area (Å²) in [5, 5.41) is 30.8. The largest absolute Gasteiger partial charge is 0.508 e. The van der Waals surface area contributed by atoms with Crippen LogP contribution in [0.5, 0.6) is 5.75 Å². The Balaban J connectivity index is 0.000000137. The third kappa shape index (κ3) is 9.50. The maximum atomic E-state index is 9.72. The smallest absolute Gasteiger partial charge is 0.115 e. The number of anilines is 1. The molecule has 0 aromatic heterocycles. The number of phenols is 1. The number of benzene rings is 18. The molecule has 0 saturated heterocycles. The molecule has 0 radical (unpaired) electrons. The monoisotopic (exact) mass is 1280 g/mol. The lowest BCUT2D eigenvalue weighted by molar-refractivity contribution is 0.475. The van der Waals surface area contributed by atoms with Crippen molar-refractivity contribution in [3.05, 3.63) is 373 Å². The molecule has 0 unspecified atom stereocenters. The summed E-state index contributed by atoms with van der Waals surface area (Å²) in [7, 11) is 0. The molecule has 4 heteroatoms. The van der Waals surface area contributed by atoms with Crippen molar-refractivity contribution in [1.82, 2.24) is 0 Å². The van der Waals surface area contributed by atoms with E-state index in [1.54, 1.807) is 12.1 Å². The Morgan fingerprint density at radius 1 is 0.194 bits per heavy atom. The number of rotatable bonds is 6. The zero-order valence-corrected chi connectivity index (χ0v) is 55.0. The molecule has 18 aromatic carbocycles. The van der Waals surface area contributed by atoms with Crippen LogP contribution in [0.3, 0.4) is 0 Å². The fraction of sp³-hybridized carbons (Fsp3) is 0.0213. The minimum atomic E-state index is 0.0567. The van der Waals surface area contributed by atoms with Crippen molar-refractivity contribution in [2.24, 2.45) is 0 Å². The zero-order valence-electron chi connectivity index (χ0n) is 53.3. The van der Waals surface area contributed by atoms with Crippen LogP contribution >= 0.6 is 23.5 Å². The number of nitrogen functional groups attached to an aromatic ring is 1. The molecule has 0 spiro atoms. The molecule has 2 nitrogen and oxygen atoms in total. The highest BCUT2D eigenvalue weighted by molar-refractivity contribution is 8.00. The average molecular weight is 1280 g/mol. The van der Waals surface area contributed by atoms with Crippen LogP contribution in [0.25, 0.3) is 131 Å². The van der Waals surface area contributed by atoms with Gasteiger partial charge in [-0.25, -0.2) is 0 Å². The van der Waals surface area contributed by atoms with Crippen molar-refractivity contribution in [3.63, 3.8) is 0 Å². The molecule has 0 saturated carbocycles. The SMILES string of the molecule is Nc1ccc(-c2ccc(-c3ccc(C4c5c(c6ccccc6c6ccccc56)Sc5c4c4ccccc4c4ccccc54)cc3)cc2)cc1.Oc1ccc(-c2ccc(-c3ccc(C4c5c(c6ccccc6c6ccccc56)Sc5c4c4ccccc4c4ccccc54)cc3)cc2)cc1. The molecule has 0 atom stereocenters. The highest BCUT2D eigenvalue weighted by Crippen LogP contribution is 2.60. The van der Waals surface area contributed by atoms with Gasteiger partial charge in [0.1, 0.15) is 5.75 Å². The quantitative estimate of drug-likeness (QED) is 0.129. The van der Waals surface area contributed by atoms with E-state index in [0.717, 1.165) is 16.8 Å². The van der Waals surface area contributed by atoms with Crippen LogP contribution in [-0.2, 0) is 0 Å². The standard InChI is InChI=1S/C47H31NS.C47H30OS/c2*48-34-27-25-32(26-28-34)30-19-17-29(18-20-30)31-21-23-33(24-22-31)43-44-39-13-5-1-9-35(39)37-11-3-7-15-41(37)46(44)49-47-42-16-8-4-12-38(42)36-10-2-6-14-40(36)45(43)47/h1-28,43H,48H2;1-28,43,48H. The predicted octanol–water partition coefficient (Wildman–Crippen LogP) is 25.8. The van der Waals surface area contributed by atoms with E-state index in [1.165, 1.54) is 173 Å². The number of fused-ring (bicyclic) bond motifs is 24. The van der Waals surface area contributed by atoms with E-state index in [9.17, 15) is 5.11 Å². The van der Waals surface area contributed by atoms with Gasteiger partial charge in [-0.15, -0.1) is 0 Å². The van der Waals surface area contributed by atoms with Gasteiger partial charge in [-0.05, 0) is 188 Å². The lowest BCUT2D eigenvalue weighted by atomic mass is 9.78. The maximum Gasteiger partial charge on any atom is 0.115 e. The number of nitrogens with two attached hydrogens (primary N) is 1. The van der Waals surface area contributed by atoms with Crippen molar-refractivity contribution < 1.29 is 5.11 Å². The first kappa shape index (κ1) is 57.8. The van der Waals surface area contributed by atoms with Gasteiger partial charge in [-0.2, -0.15) is 0 Å². The van der Waals surface area contributed by atoms with Crippen molar-refractivity contribution >= 4 is 115 Å². The summed E-state index contributed by atoms with van der Waals surface area (Å²) >= 11 is 3.92. The van der Waals surface area contributed by atoms with Crippen LogP contribution in [-0.4, -0.2) is 5.11 Å². The van der Waals surface area contributed by atoms with Crippen LogP contribution < -0.4 is 5.73 Å². The van der Waals surface area contributed by atoms with Gasteiger partial charge < -0.3 is 10.8 Å². The van der Waals surface area contributed by atoms with Crippen molar-refractivity contribution in [2.45, 2.75) is 31.4 Å². The predicted molar refractivity (Wildman–Crippen MR) is 417 cm³/mol. The molecule has 2 aliphatic rings. The summed E-state index contributed by atoms with van der Waals surface area (Å²) in [5.41, 5.74) is 24.3. The number of phenolic OH excluding ortho intramolecular Hbond substituents is 1. The molecule has 0 aliphatic carbocycles. The van der Waals surface area contributed by atoms with Crippen molar-refractivity contribution in [3.8, 4) is 50.3 Å². The summed E-state index contributed by atoms with van der Waals surface area (Å²) in [6.07, 6.45) is 0. The highest BCUT2D eigenvalue weighted by atomic mass is 32.2. The second-order valence-electron chi connectivity index (χ2n) is 26.0. The molecular formula is C94H61NOS2. The molecule has 0 bridgehead atoms. The fourth-order valence-electron chi connectivity index (χ4n) is 16.1. The molecule has 98 heavy (non-hydrogen) atoms. The van der Waals surface area contributed by atoms with E-state index in [4.69, 9.17) is 5.73 Å². The lowest BCUT2D eigenvalue weighted by Gasteiger charge is -2.33. The normalized spacial score (nSPS) is 12.8. The second-order valence-corrected chi connectivity index (χ2v) is 28.0. The highest BCUT2D eigenvalue weighted by Gasteiger charge is 2.36. The van der Waals surface area contributed by atoms with E-state index in [2.05, 4.69) is 303 Å². The summed E-state index contributed by atoms with van der Waals surface area (Å²) in [6.45, 7) is 0. The van der Waals surface area contributed by atoms with E-state index < -0.39 is 0 Å². The first-order valence-corrected chi connectivity index (χ1v) is 35.2. The lowest BCUT2D eigenvalue weighted by Crippen LogP contribution is -2.12. The zero-order chi connectivity index (χ0) is 65.0. The first-order valence-electron chi connectivity index (χ1n) is 33.6. The summed E-state index contributed by atoms with van der Waals surface area (Å²) in [5.74, 6) is 0.406. The number of hydrogen-bond acceptors (Lipinski definition) is 4. The van der Waals surface area contributed by atoms with Crippen LogP contribution in [0.1, 0.15) is 45.2 Å². The van der Waals surface area contributed by atoms with Crippen LogP contribution in [0.15, 0.2) is 359 Å². The van der Waals surface area contributed by atoms with Gasteiger partial charge in [0.25, 0.3) is 0 Å². The van der Waals surface area contributed by atoms with Gasteiger partial charge in [0.2, 0.25) is 0 Å². The Morgan fingerprint density at radius 3 is 0.602 bits per heavy atom. The third-order valence-electron chi connectivity index (χ3n) is 20.6. The first-order chi connectivity index (χ1) is 48.5. The van der Waals surface area contributed by atoms with Crippen LogP contribution in [0, 0.1) is 0 Å². The van der Waals surface area contributed by atoms with Gasteiger partial charge >= 0.3 is 0 Å². The summed E-state index contributed by atoms with van der Waals surface area (Å²) in [6, 6.07) is 123. The Hall–Kier alpha value is -11.7. The van der Waals surface area contributed by atoms with Crippen molar-refractivity contribution in [1.29, 1.82) is 0 Å². The van der Waals surface area contributed by atoms with E-state index in [-0.39, 0.29) is 17.6 Å². The van der Waals surface area contributed by atoms with Gasteiger partial charge in [-0.1, -0.05) is 339 Å². The van der Waals surface area contributed by atoms with Crippen molar-refractivity contribution in [2.75, 3.05) is 5.73 Å². The maximum absolute atomic E-state index is 9.72. The van der Waals surface area contributed by atoms with E-state index in [1.807, 2.05) is 47.8 Å². The van der Waals surface area contributed by atoms with E-state index >= 15 is 0 Å². The molecular weight excluding hydrogens is 1220 g/mol. The summed E-state index contributed by atoms with van der Waals surface area (Å²) < 4.78 is 0. The van der Waals surface area contributed by atoms with Gasteiger partial charge in [0, 0.05) is 37.1 Å². The molecule has 18 aromatic rings. The van der Waals surface area contributed by atoms with Gasteiger partial charge in [0.15, 0.2) is 0 Å². The molecule has 0 amide bonds. The number of aromatic hydroxyl groups is 1. The molecule has 3 N–H and O–H groups in total. The molecule has 2 aliphatic heterocycles. The number of hydrogen-bond donors (Lipinski definition) is 2. The van der Waals surface area contributed by atoms with E-state index in [0.29, 0.717) is 0 Å². The summed E-state index contributed by atoms with van der Waals surface area (Å²) in [4.78, 5) is 5.46. The molecule has 460 valence electrons. The Bertz CT molecular complexity index is 5590. The topological polar surface area (TPSA) is 46.2 Å². The Morgan fingerprint density at radius 2 is 0.367 bits per heavy atom. The molecule has 0 fully saturated rings. The third-order valence-corrected chi connectivity index (χ3v) is 23.2. The Kier molecular flexibility index (Phi) is 13.9. The molecule has 20 rings (SSSR count). The van der Waals surface area contributed by atoms with Gasteiger partial charge in [0.05, 0.1) is 0 Å². The van der Waals surface area contributed by atoms with Gasteiger partial charge in [-0.3, -0.25) is 0 Å². The fourth-order valence-corrected chi connectivity index (χ4v) is 19.0. The van der Waals surface area contributed by atoms with Crippen LogP contribution in [0.4, 0.5) is 5.69 Å².